The smallest absolute Gasteiger partial charge is 0.273 e. The average Bonchev–Trinajstić information content (AvgIpc) is 3.22. The molecule has 0 saturated carbocycles. The van der Waals surface area contributed by atoms with Gasteiger partial charge in [0.05, 0.1) is 0 Å². The summed E-state index contributed by atoms with van der Waals surface area (Å²) >= 11 is 1.55. The number of carbonyl (C=O) groups is 1. The van der Waals surface area contributed by atoms with Gasteiger partial charge in [0.25, 0.3) is 5.91 Å². The first-order chi connectivity index (χ1) is 10.7. The molecule has 1 aromatic carbocycles. The van der Waals surface area contributed by atoms with E-state index >= 15 is 0 Å². The number of aryl methyl sites for hydroxylation is 1. The molecule has 1 N–H and O–H groups in total. The molecule has 3 heterocycles. The number of benzene rings is 1. The summed E-state index contributed by atoms with van der Waals surface area (Å²) in [5.74, 6) is 1.34. The summed E-state index contributed by atoms with van der Waals surface area (Å²) in [6.45, 7) is 5.90. The van der Waals surface area contributed by atoms with Crippen molar-refractivity contribution in [1.82, 2.24) is 15.2 Å². The number of likely N-dealkylation sites (tertiary alicyclic amines) is 1. The Hall–Kier alpha value is -1.43. The quantitative estimate of drug-likeness (QED) is 0.906. The minimum absolute atomic E-state index is 0. The lowest BCUT2D eigenvalue weighted by Crippen LogP contribution is -2.32. The van der Waals surface area contributed by atoms with E-state index in [1.807, 2.05) is 22.4 Å². The van der Waals surface area contributed by atoms with E-state index in [2.05, 4.69) is 29.4 Å². The van der Waals surface area contributed by atoms with Crippen LogP contribution in [-0.4, -0.2) is 42.0 Å². The Balaban J connectivity index is 0.00000156. The molecular formula is C17H20ClN3OS. The van der Waals surface area contributed by atoms with Gasteiger partial charge in [0, 0.05) is 37.1 Å². The second-order valence-electron chi connectivity index (χ2n) is 6.24. The normalized spacial score (nSPS) is 22.7. The maximum absolute atomic E-state index is 12.7. The summed E-state index contributed by atoms with van der Waals surface area (Å²) < 4.78 is 0. The lowest BCUT2D eigenvalue weighted by molar-refractivity contribution is 0.0777. The van der Waals surface area contributed by atoms with Crippen LogP contribution >= 0.6 is 23.7 Å². The highest BCUT2D eigenvalue weighted by atomic mass is 35.5. The number of hydrogen-bond acceptors (Lipinski definition) is 4. The lowest BCUT2D eigenvalue weighted by atomic mass is 10.0. The van der Waals surface area contributed by atoms with E-state index in [0.717, 1.165) is 36.8 Å². The first kappa shape index (κ1) is 16.4. The molecule has 2 aliphatic heterocycles. The molecule has 2 fully saturated rings. The predicted molar refractivity (Wildman–Crippen MR) is 95.3 cm³/mol. The summed E-state index contributed by atoms with van der Waals surface area (Å²) in [4.78, 5) is 19.2. The Labute approximate surface area is 146 Å². The van der Waals surface area contributed by atoms with Crippen LogP contribution in [0.15, 0.2) is 29.6 Å². The first-order valence-electron chi connectivity index (χ1n) is 7.74. The molecule has 0 spiro atoms. The molecule has 2 atom stereocenters. The van der Waals surface area contributed by atoms with E-state index < -0.39 is 0 Å². The van der Waals surface area contributed by atoms with Crippen molar-refractivity contribution < 1.29 is 4.79 Å². The maximum Gasteiger partial charge on any atom is 0.273 e. The van der Waals surface area contributed by atoms with Crippen LogP contribution in [0, 0.1) is 18.8 Å². The molecule has 1 aromatic heterocycles. The molecule has 1 amide bonds. The number of fused-ring (bicyclic) bond motifs is 1. The van der Waals surface area contributed by atoms with Crippen molar-refractivity contribution in [2.24, 2.45) is 11.8 Å². The largest absolute Gasteiger partial charge is 0.337 e. The monoisotopic (exact) mass is 349 g/mol. The minimum Gasteiger partial charge on any atom is -0.337 e. The van der Waals surface area contributed by atoms with E-state index in [0.29, 0.717) is 17.5 Å². The molecule has 2 aromatic rings. The molecule has 122 valence electrons. The van der Waals surface area contributed by atoms with Gasteiger partial charge in [0.1, 0.15) is 10.7 Å². The van der Waals surface area contributed by atoms with Gasteiger partial charge < -0.3 is 10.2 Å². The summed E-state index contributed by atoms with van der Waals surface area (Å²) in [7, 11) is 0. The highest BCUT2D eigenvalue weighted by Crippen LogP contribution is 2.30. The number of nitrogens with zero attached hydrogens (tertiary/aromatic N) is 2. The van der Waals surface area contributed by atoms with Gasteiger partial charge in [-0.05, 0) is 24.3 Å². The van der Waals surface area contributed by atoms with Gasteiger partial charge >= 0.3 is 0 Å². The van der Waals surface area contributed by atoms with Gasteiger partial charge in [-0.2, -0.15) is 0 Å². The lowest BCUT2D eigenvalue weighted by Gasteiger charge is -2.15. The molecule has 4 nitrogen and oxygen atoms in total. The van der Waals surface area contributed by atoms with Crippen molar-refractivity contribution in [1.29, 1.82) is 0 Å². The SMILES string of the molecule is Cc1ccccc1-c1nc(C(=O)N2C[C@H]3CNC[C@H]3C2)cs1.Cl. The van der Waals surface area contributed by atoms with Crippen LogP contribution in [0.3, 0.4) is 0 Å². The second kappa shape index (κ2) is 6.59. The number of rotatable bonds is 2. The number of nitrogens with one attached hydrogen (secondary N) is 1. The van der Waals surface area contributed by atoms with Crippen LogP contribution in [0.1, 0.15) is 16.1 Å². The van der Waals surface area contributed by atoms with Crippen LogP contribution < -0.4 is 5.32 Å². The Morgan fingerprint density at radius 1 is 1.26 bits per heavy atom. The van der Waals surface area contributed by atoms with E-state index in [9.17, 15) is 4.79 Å². The van der Waals surface area contributed by atoms with Crippen molar-refractivity contribution in [3.63, 3.8) is 0 Å². The van der Waals surface area contributed by atoms with Crippen LogP contribution in [0.5, 0.6) is 0 Å². The number of carbonyl (C=O) groups excluding carboxylic acids is 1. The zero-order chi connectivity index (χ0) is 15.1. The zero-order valence-corrected chi connectivity index (χ0v) is 14.6. The standard InChI is InChI=1S/C17H19N3OS.ClH/c1-11-4-2-3-5-14(11)16-19-15(10-22-16)17(21)20-8-12-6-18-7-13(12)9-20;/h2-5,10,12-13,18H,6-9H2,1H3;1H/t12-,13+;. The van der Waals surface area contributed by atoms with Crippen LogP contribution in [-0.2, 0) is 0 Å². The summed E-state index contributed by atoms with van der Waals surface area (Å²) in [6.07, 6.45) is 0. The van der Waals surface area contributed by atoms with Gasteiger partial charge in [-0.1, -0.05) is 24.3 Å². The van der Waals surface area contributed by atoms with Gasteiger partial charge in [-0.3, -0.25) is 4.79 Å². The van der Waals surface area contributed by atoms with E-state index in [1.54, 1.807) is 11.3 Å². The number of amides is 1. The summed E-state index contributed by atoms with van der Waals surface area (Å²) in [6, 6.07) is 8.18. The van der Waals surface area contributed by atoms with Gasteiger partial charge in [-0.25, -0.2) is 4.98 Å². The van der Waals surface area contributed by atoms with Gasteiger partial charge in [-0.15, -0.1) is 23.7 Å². The van der Waals surface area contributed by atoms with E-state index in [-0.39, 0.29) is 18.3 Å². The number of halogens is 1. The predicted octanol–water partition coefficient (Wildman–Crippen LogP) is 2.83. The van der Waals surface area contributed by atoms with Crippen LogP contribution in [0.4, 0.5) is 0 Å². The average molecular weight is 350 g/mol. The third-order valence-electron chi connectivity index (χ3n) is 4.78. The number of hydrogen-bond donors (Lipinski definition) is 1. The Bertz CT molecular complexity index is 705. The van der Waals surface area contributed by atoms with Crippen molar-refractivity contribution in [2.75, 3.05) is 26.2 Å². The summed E-state index contributed by atoms with van der Waals surface area (Å²) in [5, 5.41) is 6.24. The molecule has 0 aliphatic carbocycles. The highest BCUT2D eigenvalue weighted by molar-refractivity contribution is 7.13. The highest BCUT2D eigenvalue weighted by Gasteiger charge is 2.38. The fraction of sp³-hybridized carbons (Fsp3) is 0.412. The van der Waals surface area contributed by atoms with Crippen molar-refractivity contribution in [3.8, 4) is 10.6 Å². The topological polar surface area (TPSA) is 45.2 Å². The third-order valence-corrected chi connectivity index (χ3v) is 5.65. The number of aromatic nitrogens is 1. The van der Waals surface area contributed by atoms with Gasteiger partial charge in [0.15, 0.2) is 0 Å². The minimum atomic E-state index is 0. The van der Waals surface area contributed by atoms with Crippen LogP contribution in [0.25, 0.3) is 10.6 Å². The Morgan fingerprint density at radius 3 is 2.65 bits per heavy atom. The second-order valence-corrected chi connectivity index (χ2v) is 7.10. The van der Waals surface area contributed by atoms with E-state index in [4.69, 9.17) is 0 Å². The molecule has 0 bridgehead atoms. The van der Waals surface area contributed by atoms with Crippen LogP contribution in [0.2, 0.25) is 0 Å². The third kappa shape index (κ3) is 3.01. The molecule has 4 rings (SSSR count). The molecule has 23 heavy (non-hydrogen) atoms. The maximum atomic E-state index is 12.7. The molecule has 0 radical (unpaired) electrons. The summed E-state index contributed by atoms with van der Waals surface area (Å²) in [5.41, 5.74) is 2.91. The number of thiazole rings is 1. The fourth-order valence-corrected chi connectivity index (χ4v) is 4.38. The van der Waals surface area contributed by atoms with Crippen molar-refractivity contribution in [2.45, 2.75) is 6.92 Å². The van der Waals surface area contributed by atoms with E-state index in [1.165, 1.54) is 5.56 Å². The molecule has 2 aliphatic rings. The fourth-order valence-electron chi connectivity index (χ4n) is 3.49. The Kier molecular flexibility index (Phi) is 4.71. The Morgan fingerprint density at radius 2 is 1.96 bits per heavy atom. The molecule has 6 heteroatoms. The molecule has 2 saturated heterocycles. The molecular weight excluding hydrogens is 330 g/mol. The first-order valence-corrected chi connectivity index (χ1v) is 8.62. The zero-order valence-electron chi connectivity index (χ0n) is 13.0. The molecule has 0 unspecified atom stereocenters. The van der Waals surface area contributed by atoms with Crippen molar-refractivity contribution in [3.05, 3.63) is 40.9 Å². The van der Waals surface area contributed by atoms with Gasteiger partial charge in [0.2, 0.25) is 0 Å². The van der Waals surface area contributed by atoms with Crippen molar-refractivity contribution >= 4 is 29.7 Å².